The maximum atomic E-state index is 6.52. The van der Waals surface area contributed by atoms with Crippen LogP contribution >= 0.6 is 0 Å². The van der Waals surface area contributed by atoms with Gasteiger partial charge in [0.2, 0.25) is 6.29 Å². The van der Waals surface area contributed by atoms with Crippen molar-refractivity contribution in [2.45, 2.75) is 19.1 Å². The summed E-state index contributed by atoms with van der Waals surface area (Å²) in [7, 11) is 1.69. The molecule has 0 spiro atoms. The van der Waals surface area contributed by atoms with E-state index in [1.807, 2.05) is 12.1 Å². The molecule has 0 atom stereocenters. The molecule has 0 aromatic heterocycles. The molecule has 0 saturated heterocycles. The maximum absolute atomic E-state index is 6.52. The molecule has 0 fully saturated rings. The van der Waals surface area contributed by atoms with E-state index in [1.54, 1.807) is 7.11 Å². The SMILES string of the molecule is COc1cccc(CCC2Oc3ccc4ccccc4c3-c3c(ccc4ccccc34)O2)c1. The summed E-state index contributed by atoms with van der Waals surface area (Å²) in [5.41, 5.74) is 3.40. The fraction of sp³-hybridized carbons (Fsp3) is 0.133. The molecule has 6 rings (SSSR count). The predicted molar refractivity (Wildman–Crippen MR) is 133 cm³/mol. The Kier molecular flexibility index (Phi) is 4.88. The van der Waals surface area contributed by atoms with E-state index >= 15 is 0 Å². The third kappa shape index (κ3) is 3.56. The first kappa shape index (κ1) is 19.7. The van der Waals surface area contributed by atoms with Crippen molar-refractivity contribution in [2.24, 2.45) is 0 Å². The van der Waals surface area contributed by atoms with Gasteiger partial charge in [-0.1, -0.05) is 72.8 Å². The third-order valence-electron chi connectivity index (χ3n) is 6.35. The lowest BCUT2D eigenvalue weighted by atomic mass is 9.92. The van der Waals surface area contributed by atoms with Gasteiger partial charge in [0.1, 0.15) is 17.2 Å². The topological polar surface area (TPSA) is 27.7 Å². The highest BCUT2D eigenvalue weighted by Gasteiger charge is 2.26. The number of hydrogen-bond donors (Lipinski definition) is 0. The molecule has 0 radical (unpaired) electrons. The van der Waals surface area contributed by atoms with E-state index in [-0.39, 0.29) is 0 Å². The Morgan fingerprint density at radius 1 is 0.667 bits per heavy atom. The molecule has 3 nitrogen and oxygen atoms in total. The molecule has 162 valence electrons. The molecular weight excluding hydrogens is 408 g/mol. The lowest BCUT2D eigenvalue weighted by molar-refractivity contribution is 0.00346. The lowest BCUT2D eigenvalue weighted by Crippen LogP contribution is -2.23. The van der Waals surface area contributed by atoms with Gasteiger partial charge in [0, 0.05) is 17.5 Å². The molecule has 1 aliphatic heterocycles. The quantitative estimate of drug-likeness (QED) is 0.296. The number of aryl methyl sites for hydroxylation is 1. The van der Waals surface area contributed by atoms with Gasteiger partial charge < -0.3 is 14.2 Å². The Balaban J connectivity index is 1.47. The van der Waals surface area contributed by atoms with Crippen LogP contribution in [-0.4, -0.2) is 13.4 Å². The second kappa shape index (κ2) is 8.18. The summed E-state index contributed by atoms with van der Waals surface area (Å²) in [6.45, 7) is 0. The van der Waals surface area contributed by atoms with E-state index in [0.29, 0.717) is 0 Å². The van der Waals surface area contributed by atoms with Crippen LogP contribution in [0.5, 0.6) is 17.2 Å². The first-order valence-corrected chi connectivity index (χ1v) is 11.3. The first-order valence-electron chi connectivity index (χ1n) is 11.3. The Morgan fingerprint density at radius 3 is 1.88 bits per heavy atom. The summed E-state index contributed by atoms with van der Waals surface area (Å²) in [6.07, 6.45) is 1.16. The molecule has 0 aliphatic carbocycles. The summed E-state index contributed by atoms with van der Waals surface area (Å²) >= 11 is 0. The Hall–Kier alpha value is -3.98. The van der Waals surface area contributed by atoms with E-state index in [2.05, 4.69) is 84.9 Å². The Bertz CT molecular complexity index is 1380. The molecule has 0 amide bonds. The van der Waals surface area contributed by atoms with E-state index in [1.165, 1.54) is 27.1 Å². The van der Waals surface area contributed by atoms with E-state index in [4.69, 9.17) is 14.2 Å². The number of hydrogen-bond acceptors (Lipinski definition) is 3. The Labute approximate surface area is 193 Å². The molecule has 5 aromatic rings. The monoisotopic (exact) mass is 432 g/mol. The fourth-order valence-electron chi connectivity index (χ4n) is 4.75. The standard InChI is InChI=1S/C30H24O3/c1-31-23-10-6-7-20(19-23)13-18-28-32-26-16-14-21-8-2-4-11-24(21)29(26)30-25-12-5-3-9-22(25)15-17-27(30)33-28/h2-12,14-17,19,28H,13,18H2,1H3. The first-order chi connectivity index (χ1) is 16.3. The fourth-order valence-corrected chi connectivity index (χ4v) is 4.75. The van der Waals surface area contributed by atoms with Crippen LogP contribution in [-0.2, 0) is 6.42 Å². The van der Waals surface area contributed by atoms with Crippen molar-refractivity contribution in [2.75, 3.05) is 7.11 Å². The van der Waals surface area contributed by atoms with Crippen LogP contribution in [0.4, 0.5) is 0 Å². The number of fused-ring (bicyclic) bond motifs is 7. The van der Waals surface area contributed by atoms with Crippen LogP contribution < -0.4 is 14.2 Å². The Morgan fingerprint density at radius 2 is 1.27 bits per heavy atom. The van der Waals surface area contributed by atoms with Gasteiger partial charge in [0.05, 0.1) is 7.11 Å². The van der Waals surface area contributed by atoms with Crippen LogP contribution in [0.1, 0.15) is 12.0 Å². The molecule has 33 heavy (non-hydrogen) atoms. The van der Waals surface area contributed by atoms with Crippen LogP contribution in [0.2, 0.25) is 0 Å². The predicted octanol–water partition coefficient (Wildman–Crippen LogP) is 7.40. The van der Waals surface area contributed by atoms with Crippen LogP contribution in [0.15, 0.2) is 97.1 Å². The van der Waals surface area contributed by atoms with E-state index in [0.717, 1.165) is 41.2 Å². The number of methoxy groups -OCH3 is 1. The van der Waals surface area contributed by atoms with Crippen molar-refractivity contribution in [1.82, 2.24) is 0 Å². The van der Waals surface area contributed by atoms with Crippen molar-refractivity contribution in [3.8, 4) is 28.4 Å². The van der Waals surface area contributed by atoms with E-state index in [9.17, 15) is 0 Å². The zero-order valence-electron chi connectivity index (χ0n) is 18.5. The van der Waals surface area contributed by atoms with Crippen LogP contribution in [0.25, 0.3) is 32.7 Å². The smallest absolute Gasteiger partial charge is 0.241 e. The molecule has 0 bridgehead atoms. The van der Waals surface area contributed by atoms with Crippen LogP contribution in [0.3, 0.4) is 0 Å². The number of rotatable bonds is 4. The summed E-state index contributed by atoms with van der Waals surface area (Å²) < 4.78 is 18.4. The van der Waals surface area contributed by atoms with Gasteiger partial charge >= 0.3 is 0 Å². The van der Waals surface area contributed by atoms with Gasteiger partial charge in [-0.3, -0.25) is 0 Å². The van der Waals surface area contributed by atoms with Crippen molar-refractivity contribution in [1.29, 1.82) is 0 Å². The number of ether oxygens (including phenoxy) is 3. The van der Waals surface area contributed by atoms with E-state index < -0.39 is 6.29 Å². The average molecular weight is 433 g/mol. The van der Waals surface area contributed by atoms with Gasteiger partial charge in [-0.2, -0.15) is 0 Å². The second-order valence-electron chi connectivity index (χ2n) is 8.38. The molecule has 1 heterocycles. The molecular formula is C30H24O3. The average Bonchev–Trinajstić information content (AvgIpc) is 3.04. The molecule has 1 aliphatic rings. The minimum atomic E-state index is -0.390. The van der Waals surface area contributed by atoms with Gasteiger partial charge in [-0.25, -0.2) is 0 Å². The second-order valence-corrected chi connectivity index (χ2v) is 8.38. The minimum absolute atomic E-state index is 0.390. The maximum Gasteiger partial charge on any atom is 0.241 e. The zero-order valence-corrected chi connectivity index (χ0v) is 18.5. The van der Waals surface area contributed by atoms with Crippen molar-refractivity contribution < 1.29 is 14.2 Å². The van der Waals surface area contributed by atoms with Crippen molar-refractivity contribution in [3.05, 3.63) is 103 Å². The van der Waals surface area contributed by atoms with Crippen molar-refractivity contribution in [3.63, 3.8) is 0 Å². The summed E-state index contributed by atoms with van der Waals surface area (Å²) in [5, 5.41) is 4.72. The lowest BCUT2D eigenvalue weighted by Gasteiger charge is -2.19. The normalized spacial score (nSPS) is 13.0. The van der Waals surface area contributed by atoms with Gasteiger partial charge in [-0.05, 0) is 57.8 Å². The summed E-state index contributed by atoms with van der Waals surface area (Å²) in [5.74, 6) is 2.59. The van der Waals surface area contributed by atoms with Crippen LogP contribution in [0, 0.1) is 0 Å². The molecule has 0 saturated carbocycles. The number of benzene rings is 5. The van der Waals surface area contributed by atoms with Gasteiger partial charge in [-0.15, -0.1) is 0 Å². The molecule has 5 aromatic carbocycles. The highest BCUT2D eigenvalue weighted by molar-refractivity contribution is 6.09. The summed E-state index contributed by atoms with van der Waals surface area (Å²) in [4.78, 5) is 0. The highest BCUT2D eigenvalue weighted by atomic mass is 16.7. The van der Waals surface area contributed by atoms with Crippen molar-refractivity contribution >= 4 is 21.5 Å². The van der Waals surface area contributed by atoms with Gasteiger partial charge in [0.15, 0.2) is 0 Å². The third-order valence-corrected chi connectivity index (χ3v) is 6.35. The van der Waals surface area contributed by atoms with Gasteiger partial charge in [0.25, 0.3) is 0 Å². The molecule has 0 unspecified atom stereocenters. The zero-order chi connectivity index (χ0) is 22.2. The largest absolute Gasteiger partial charge is 0.497 e. The summed E-state index contributed by atoms with van der Waals surface area (Å²) in [6, 6.07) is 33.5. The minimum Gasteiger partial charge on any atom is -0.497 e. The molecule has 3 heteroatoms. The molecule has 0 N–H and O–H groups in total. The highest BCUT2D eigenvalue weighted by Crippen LogP contribution is 2.47.